The second-order valence-corrected chi connectivity index (χ2v) is 12.7. The van der Waals surface area contributed by atoms with Crippen molar-refractivity contribution >= 4 is 39.7 Å². The van der Waals surface area contributed by atoms with E-state index in [0.717, 1.165) is 0 Å². The Morgan fingerprint density at radius 1 is 0.564 bits per heavy atom. The number of nitrogens with zero attached hydrogens (tertiary/aromatic N) is 4. The lowest BCUT2D eigenvalue weighted by atomic mass is 10.1. The van der Waals surface area contributed by atoms with E-state index in [2.05, 4.69) is 16.1 Å². The van der Waals surface area contributed by atoms with E-state index < -0.39 is 22.4 Å². The van der Waals surface area contributed by atoms with Gasteiger partial charge < -0.3 is 33.5 Å². The van der Waals surface area contributed by atoms with E-state index in [0.29, 0.717) is 79.2 Å². The Labute approximate surface area is 247 Å². The van der Waals surface area contributed by atoms with E-state index in [-0.39, 0.29) is 11.8 Å². The molecular weight excluding hydrogens is 596 g/mol. The Balaban J connectivity index is 1.39. The van der Waals surface area contributed by atoms with Crippen LogP contribution in [0.5, 0.6) is 0 Å². The van der Waals surface area contributed by atoms with Gasteiger partial charge in [0.25, 0.3) is 0 Å². The summed E-state index contributed by atoms with van der Waals surface area (Å²) in [4.78, 5) is 28.9. The molecule has 0 spiro atoms. The van der Waals surface area contributed by atoms with Crippen molar-refractivity contribution in [2.24, 2.45) is 0 Å². The lowest BCUT2D eigenvalue weighted by molar-refractivity contribution is -0.135. The SMILES string of the molecule is CC1(C)C(=O)N(CCOCCOCCOCCOCCOCCN2C(=O)C(C)(C)N(Br)C2(C)C)C(C)(C)N1Cl. The Morgan fingerprint density at radius 2 is 0.872 bits per heavy atom. The molecule has 0 saturated carbocycles. The van der Waals surface area contributed by atoms with Gasteiger partial charge in [0.2, 0.25) is 11.8 Å². The Morgan fingerprint density at radius 3 is 1.15 bits per heavy atom. The van der Waals surface area contributed by atoms with Gasteiger partial charge in [-0.1, -0.05) is 0 Å². The summed E-state index contributed by atoms with van der Waals surface area (Å²) in [5, 5.41) is 0. The lowest BCUT2D eigenvalue weighted by Crippen LogP contribution is -2.47. The van der Waals surface area contributed by atoms with Gasteiger partial charge in [-0.05, 0) is 67.2 Å². The first kappa shape index (κ1) is 34.6. The molecule has 0 aromatic heterocycles. The highest BCUT2D eigenvalue weighted by molar-refractivity contribution is 9.07. The normalized spacial score (nSPS) is 22.4. The zero-order valence-corrected chi connectivity index (χ0v) is 27.2. The van der Waals surface area contributed by atoms with Gasteiger partial charge in [0.15, 0.2) is 0 Å². The van der Waals surface area contributed by atoms with Crippen LogP contribution in [0.2, 0.25) is 0 Å². The molecule has 2 amide bonds. The average molecular weight is 644 g/mol. The van der Waals surface area contributed by atoms with Crippen LogP contribution in [0.3, 0.4) is 0 Å². The molecule has 0 aromatic rings. The monoisotopic (exact) mass is 642 g/mol. The molecule has 2 aliphatic heterocycles. The summed E-state index contributed by atoms with van der Waals surface area (Å²) in [6.07, 6.45) is 0. The first-order chi connectivity index (χ1) is 18.1. The van der Waals surface area contributed by atoms with E-state index in [9.17, 15) is 9.59 Å². The van der Waals surface area contributed by atoms with Crippen molar-refractivity contribution in [1.29, 1.82) is 0 Å². The fraction of sp³-hybridized carbons (Fsp3) is 0.923. The minimum absolute atomic E-state index is 0.00814. The molecular formula is C26H48BrClN4O7. The summed E-state index contributed by atoms with van der Waals surface area (Å²) in [6, 6.07) is 0. The number of hydrogen-bond donors (Lipinski definition) is 0. The number of halogens is 2. The molecule has 2 rings (SSSR count). The van der Waals surface area contributed by atoms with Crippen LogP contribution in [0, 0.1) is 0 Å². The van der Waals surface area contributed by atoms with Crippen LogP contribution in [0.25, 0.3) is 0 Å². The molecule has 0 aliphatic carbocycles. The molecule has 2 saturated heterocycles. The summed E-state index contributed by atoms with van der Waals surface area (Å²) in [5.41, 5.74) is -2.33. The molecule has 39 heavy (non-hydrogen) atoms. The zero-order valence-electron chi connectivity index (χ0n) is 24.9. The largest absolute Gasteiger partial charge is 0.377 e. The summed E-state index contributed by atoms with van der Waals surface area (Å²) >= 11 is 9.92. The van der Waals surface area contributed by atoms with Gasteiger partial charge in [-0.25, -0.2) is 3.93 Å². The molecule has 2 fully saturated rings. The van der Waals surface area contributed by atoms with E-state index in [4.69, 9.17) is 35.5 Å². The van der Waals surface area contributed by atoms with Crippen LogP contribution in [0.15, 0.2) is 0 Å². The molecule has 0 atom stereocenters. The number of amides is 2. The second kappa shape index (κ2) is 14.6. The summed E-state index contributed by atoms with van der Waals surface area (Å²) in [6.45, 7) is 20.9. The van der Waals surface area contributed by atoms with E-state index in [1.807, 2.05) is 64.2 Å². The van der Waals surface area contributed by atoms with Gasteiger partial charge in [0.05, 0.1) is 66.1 Å². The van der Waals surface area contributed by atoms with Crippen molar-refractivity contribution in [2.75, 3.05) is 79.2 Å². The molecule has 0 bridgehead atoms. The van der Waals surface area contributed by atoms with Crippen molar-refractivity contribution in [2.45, 2.75) is 77.8 Å². The molecule has 11 nitrogen and oxygen atoms in total. The van der Waals surface area contributed by atoms with Crippen LogP contribution in [-0.4, -0.2) is 132 Å². The highest BCUT2D eigenvalue weighted by Gasteiger charge is 2.56. The standard InChI is InChI=1S/C26H48BrClN4O7/c1-23(2)21(33)29(25(5,6)31(23)27)9-11-35-13-15-37-17-19-39-20-18-38-16-14-36-12-10-30-22(34)24(3,4)32(28)26(30,7)8/h9-20H2,1-8H3. The third-order valence-electron chi connectivity index (χ3n) is 7.21. The summed E-state index contributed by atoms with van der Waals surface area (Å²) in [5.74, 6) is 0.0662. The summed E-state index contributed by atoms with van der Waals surface area (Å²) < 4.78 is 31.3. The molecule has 0 aromatic carbocycles. The Kier molecular flexibility index (Phi) is 12.9. The third-order valence-corrected chi connectivity index (χ3v) is 9.80. The van der Waals surface area contributed by atoms with Crippen molar-refractivity contribution in [3.8, 4) is 0 Å². The van der Waals surface area contributed by atoms with Crippen molar-refractivity contribution in [3.05, 3.63) is 0 Å². The van der Waals surface area contributed by atoms with Gasteiger partial charge in [0.1, 0.15) is 22.4 Å². The van der Waals surface area contributed by atoms with E-state index in [1.54, 1.807) is 9.32 Å². The molecule has 0 N–H and O–H groups in total. The van der Waals surface area contributed by atoms with Crippen molar-refractivity contribution < 1.29 is 33.3 Å². The zero-order chi connectivity index (χ0) is 29.5. The minimum Gasteiger partial charge on any atom is -0.377 e. The second-order valence-electron chi connectivity index (χ2n) is 11.6. The van der Waals surface area contributed by atoms with Crippen LogP contribution < -0.4 is 0 Å². The molecule has 0 radical (unpaired) electrons. The number of carbonyl (C=O) groups excluding carboxylic acids is 2. The van der Waals surface area contributed by atoms with Crippen molar-refractivity contribution in [3.63, 3.8) is 0 Å². The smallest absolute Gasteiger partial charge is 0.245 e. The number of carbonyl (C=O) groups is 2. The average Bonchev–Trinajstić information content (AvgIpc) is 3.05. The van der Waals surface area contributed by atoms with Crippen LogP contribution in [0.4, 0.5) is 0 Å². The van der Waals surface area contributed by atoms with Gasteiger partial charge >= 0.3 is 0 Å². The number of rotatable bonds is 18. The van der Waals surface area contributed by atoms with E-state index >= 15 is 0 Å². The summed E-state index contributed by atoms with van der Waals surface area (Å²) in [7, 11) is 0. The maximum absolute atomic E-state index is 12.7. The van der Waals surface area contributed by atoms with Crippen LogP contribution >= 0.6 is 27.9 Å². The van der Waals surface area contributed by atoms with Gasteiger partial charge in [-0.3, -0.25) is 9.59 Å². The molecule has 2 heterocycles. The van der Waals surface area contributed by atoms with Crippen molar-refractivity contribution in [1.82, 2.24) is 18.1 Å². The van der Waals surface area contributed by atoms with Gasteiger partial charge in [-0.2, -0.15) is 4.42 Å². The molecule has 228 valence electrons. The molecule has 2 aliphatic rings. The third kappa shape index (κ3) is 8.26. The highest BCUT2D eigenvalue weighted by atomic mass is 79.9. The fourth-order valence-electron chi connectivity index (χ4n) is 4.95. The highest BCUT2D eigenvalue weighted by Crippen LogP contribution is 2.41. The predicted octanol–water partition coefficient (Wildman–Crippen LogP) is 2.85. The fourth-order valence-corrected chi connectivity index (χ4v) is 5.46. The number of hydrogen-bond acceptors (Lipinski definition) is 9. The first-order valence-electron chi connectivity index (χ1n) is 13.6. The van der Waals surface area contributed by atoms with Crippen LogP contribution in [0.1, 0.15) is 55.4 Å². The lowest BCUT2D eigenvalue weighted by Gasteiger charge is -2.35. The van der Waals surface area contributed by atoms with E-state index in [1.165, 1.54) is 0 Å². The minimum atomic E-state index is -0.741. The maximum atomic E-state index is 12.7. The molecule has 0 unspecified atom stereocenters. The number of ether oxygens (including phenoxy) is 5. The maximum Gasteiger partial charge on any atom is 0.245 e. The quantitative estimate of drug-likeness (QED) is 0.165. The molecule has 13 heteroatoms. The Bertz CT molecular complexity index is 751. The van der Waals surface area contributed by atoms with Gasteiger partial charge in [-0.15, -0.1) is 0 Å². The Hall–Kier alpha value is -0.570. The predicted molar refractivity (Wildman–Crippen MR) is 152 cm³/mol. The topological polar surface area (TPSA) is 93.2 Å². The van der Waals surface area contributed by atoms with Gasteiger partial charge in [0, 0.05) is 29.2 Å². The first-order valence-corrected chi connectivity index (χ1v) is 14.6. The van der Waals surface area contributed by atoms with Crippen LogP contribution in [-0.2, 0) is 33.3 Å².